The smallest absolute Gasteiger partial charge is 0.409 e. The summed E-state index contributed by atoms with van der Waals surface area (Å²) < 4.78 is 68.6. The number of hydrogen-bond donors (Lipinski definition) is 3. The molecule has 5 rings (SSSR count). The van der Waals surface area contributed by atoms with Crippen molar-refractivity contribution in [3.8, 4) is 16.9 Å². The molecule has 0 unspecified atom stereocenters. The molecule has 0 spiro atoms. The number of aromatic nitrogens is 2. The summed E-state index contributed by atoms with van der Waals surface area (Å²) in [4.78, 5) is 29.5. The Morgan fingerprint density at radius 3 is 2.26 bits per heavy atom. The highest BCUT2D eigenvalue weighted by molar-refractivity contribution is 7.90. The van der Waals surface area contributed by atoms with Crippen molar-refractivity contribution in [3.63, 3.8) is 0 Å². The van der Waals surface area contributed by atoms with Gasteiger partial charge in [-0.05, 0) is 53.9 Å². The van der Waals surface area contributed by atoms with Crippen LogP contribution in [-0.4, -0.2) is 35.6 Å². The third-order valence-corrected chi connectivity index (χ3v) is 8.13. The molecule has 10 nitrogen and oxygen atoms in total. The van der Waals surface area contributed by atoms with Crippen molar-refractivity contribution in [2.75, 3.05) is 10.6 Å². The van der Waals surface area contributed by atoms with Crippen LogP contribution in [0.1, 0.15) is 31.2 Å². The largest absolute Gasteiger partial charge is 0.516 e. The van der Waals surface area contributed by atoms with Gasteiger partial charge in [-0.1, -0.05) is 74.0 Å². The van der Waals surface area contributed by atoms with Crippen molar-refractivity contribution < 1.29 is 35.9 Å². The van der Waals surface area contributed by atoms with Gasteiger partial charge in [0.05, 0.1) is 11.0 Å². The summed E-state index contributed by atoms with van der Waals surface area (Å²) >= 11 is 0. The topological polar surface area (TPSA) is 131 Å². The van der Waals surface area contributed by atoms with Gasteiger partial charge in [0.2, 0.25) is 0 Å². The summed E-state index contributed by atoms with van der Waals surface area (Å²) in [5.74, 6) is 0.754. The van der Waals surface area contributed by atoms with E-state index in [0.29, 0.717) is 29.0 Å². The predicted molar refractivity (Wildman–Crippen MR) is 173 cm³/mol. The number of benzene rings is 4. The standard InChI is InChI=1S/C33H30F3N5O5S/c1-2-3-13-30-39-27-19-18-25(38-31(42)37-24-9-5-4-6-10-24)20-28(27)41(30)21-22-14-16-23(17-15-22)26-11-7-8-12-29(26)46-32(43)40-47(44,45)33(34,35)36/h4-12,14-20H,2-3,13,21H2,1H3,(H,40,43)(H2,37,38,42). The third kappa shape index (κ3) is 8.08. The first-order valence-electron chi connectivity index (χ1n) is 14.5. The van der Waals surface area contributed by atoms with Gasteiger partial charge in [-0.15, -0.1) is 0 Å². The maximum atomic E-state index is 12.7. The molecule has 0 atom stereocenters. The number of amides is 3. The first-order valence-corrected chi connectivity index (χ1v) is 16.0. The number of carbonyl (C=O) groups excluding carboxylic acids is 2. The van der Waals surface area contributed by atoms with E-state index in [1.165, 1.54) is 12.1 Å². The summed E-state index contributed by atoms with van der Waals surface area (Å²) in [6, 6.07) is 27.5. The van der Waals surface area contributed by atoms with E-state index in [1.54, 1.807) is 42.5 Å². The van der Waals surface area contributed by atoms with E-state index in [1.807, 2.05) is 42.5 Å². The molecule has 47 heavy (non-hydrogen) atoms. The molecule has 0 aliphatic carbocycles. The number of hydrogen-bond acceptors (Lipinski definition) is 6. The van der Waals surface area contributed by atoms with Crippen molar-refractivity contribution in [2.45, 2.75) is 38.2 Å². The normalized spacial score (nSPS) is 11.7. The molecule has 244 valence electrons. The first-order chi connectivity index (χ1) is 22.4. The molecule has 1 heterocycles. The Balaban J connectivity index is 1.36. The quantitative estimate of drug-likeness (QED) is 0.140. The fourth-order valence-electron chi connectivity index (χ4n) is 4.82. The van der Waals surface area contributed by atoms with Gasteiger partial charge in [0.15, 0.2) is 0 Å². The first kappa shape index (κ1) is 33.0. The Morgan fingerprint density at radius 2 is 1.55 bits per heavy atom. The molecule has 0 radical (unpaired) electrons. The summed E-state index contributed by atoms with van der Waals surface area (Å²) in [7, 11) is -5.93. The maximum absolute atomic E-state index is 12.7. The third-order valence-electron chi connectivity index (χ3n) is 7.09. The predicted octanol–water partition coefficient (Wildman–Crippen LogP) is 7.68. The molecule has 0 aliphatic heterocycles. The second-order valence-corrected chi connectivity index (χ2v) is 12.2. The number of fused-ring (bicyclic) bond motifs is 1. The van der Waals surface area contributed by atoms with E-state index in [4.69, 9.17) is 9.72 Å². The van der Waals surface area contributed by atoms with Crippen LogP contribution in [0.4, 0.5) is 34.1 Å². The minimum absolute atomic E-state index is 0.131. The highest BCUT2D eigenvalue weighted by atomic mass is 32.2. The van der Waals surface area contributed by atoms with Gasteiger partial charge in [0.1, 0.15) is 11.6 Å². The molecule has 1 aromatic heterocycles. The highest BCUT2D eigenvalue weighted by Gasteiger charge is 2.47. The van der Waals surface area contributed by atoms with E-state index < -0.39 is 21.6 Å². The average molecular weight is 666 g/mol. The number of urea groups is 1. The van der Waals surface area contributed by atoms with Crippen LogP contribution in [0.5, 0.6) is 5.75 Å². The molecule has 0 bridgehead atoms. The van der Waals surface area contributed by atoms with Crippen LogP contribution in [0, 0.1) is 0 Å². The number of aryl methyl sites for hydroxylation is 1. The molecule has 0 saturated carbocycles. The number of halogens is 3. The van der Waals surface area contributed by atoms with Gasteiger partial charge in [-0.2, -0.15) is 21.6 Å². The lowest BCUT2D eigenvalue weighted by Crippen LogP contribution is -2.41. The molecule has 14 heteroatoms. The van der Waals surface area contributed by atoms with Crippen molar-refractivity contribution in [1.82, 2.24) is 14.3 Å². The Kier molecular flexibility index (Phi) is 9.80. The van der Waals surface area contributed by atoms with E-state index in [9.17, 15) is 31.2 Å². The minimum Gasteiger partial charge on any atom is -0.409 e. The second kappa shape index (κ2) is 14.0. The van der Waals surface area contributed by atoms with E-state index in [0.717, 1.165) is 46.4 Å². The number of sulfonamides is 1. The Labute approximate surface area is 268 Å². The van der Waals surface area contributed by atoms with Gasteiger partial charge in [-0.3, -0.25) is 0 Å². The molecule has 4 aromatic carbocycles. The Bertz CT molecular complexity index is 2000. The lowest BCUT2D eigenvalue weighted by molar-refractivity contribution is -0.0446. The minimum atomic E-state index is -5.93. The van der Waals surface area contributed by atoms with Crippen LogP contribution in [-0.2, 0) is 23.0 Å². The zero-order valence-electron chi connectivity index (χ0n) is 25.0. The fraction of sp³-hybridized carbons (Fsp3) is 0.182. The molecule has 3 amide bonds. The summed E-state index contributed by atoms with van der Waals surface area (Å²) in [6.07, 6.45) is 0.870. The van der Waals surface area contributed by atoms with Crippen LogP contribution in [0.15, 0.2) is 97.1 Å². The number of unbranched alkanes of at least 4 members (excludes halogenated alkanes) is 1. The van der Waals surface area contributed by atoms with E-state index in [2.05, 4.69) is 22.1 Å². The molecule has 0 saturated heterocycles. The molecule has 0 aliphatic rings. The van der Waals surface area contributed by atoms with E-state index >= 15 is 0 Å². The van der Waals surface area contributed by atoms with Crippen LogP contribution >= 0.6 is 0 Å². The molecular weight excluding hydrogens is 635 g/mol. The Hall–Kier alpha value is -5.37. The number of rotatable bonds is 10. The number of alkyl halides is 3. The number of nitrogens with zero attached hydrogens (tertiary/aromatic N) is 2. The highest BCUT2D eigenvalue weighted by Crippen LogP contribution is 2.31. The SMILES string of the molecule is CCCCc1nc2ccc(NC(=O)Nc3ccccc3)cc2n1Cc1ccc(-c2ccccc2OC(=O)NS(=O)(=O)C(F)(F)F)cc1. The van der Waals surface area contributed by atoms with E-state index in [-0.39, 0.29) is 11.8 Å². The number of nitrogens with one attached hydrogen (secondary N) is 3. The fourth-order valence-corrected chi connectivity index (χ4v) is 5.20. The average Bonchev–Trinajstić information content (AvgIpc) is 3.36. The molecular formula is C33H30F3N5O5S. The van der Waals surface area contributed by atoms with Gasteiger partial charge < -0.3 is 19.9 Å². The second-order valence-electron chi connectivity index (χ2n) is 10.5. The zero-order chi connectivity index (χ0) is 33.6. The number of ether oxygens (including phenoxy) is 1. The lowest BCUT2D eigenvalue weighted by atomic mass is 10.0. The molecule has 0 fully saturated rings. The number of imidazole rings is 1. The Morgan fingerprint density at radius 1 is 0.872 bits per heavy atom. The van der Waals surface area contributed by atoms with Crippen molar-refractivity contribution in [2.24, 2.45) is 0 Å². The maximum Gasteiger partial charge on any atom is 0.516 e. The lowest BCUT2D eigenvalue weighted by Gasteiger charge is -2.13. The number of para-hydroxylation sites is 2. The van der Waals surface area contributed by atoms with Crippen molar-refractivity contribution >= 4 is 44.6 Å². The summed E-state index contributed by atoms with van der Waals surface area (Å²) in [5, 5.41) is 5.67. The van der Waals surface area contributed by atoms with Crippen LogP contribution in [0.25, 0.3) is 22.2 Å². The van der Waals surface area contributed by atoms with Gasteiger partial charge in [-0.25, -0.2) is 19.3 Å². The van der Waals surface area contributed by atoms with Crippen LogP contribution in [0.2, 0.25) is 0 Å². The van der Waals surface area contributed by atoms with Gasteiger partial charge >= 0.3 is 27.7 Å². The van der Waals surface area contributed by atoms with Crippen molar-refractivity contribution in [3.05, 3.63) is 108 Å². The summed E-state index contributed by atoms with van der Waals surface area (Å²) in [5.41, 5.74) is -0.976. The zero-order valence-corrected chi connectivity index (χ0v) is 25.9. The monoisotopic (exact) mass is 665 g/mol. The number of anilines is 2. The molecule has 5 aromatic rings. The van der Waals surface area contributed by atoms with Crippen LogP contribution < -0.4 is 20.1 Å². The summed E-state index contributed by atoms with van der Waals surface area (Å²) in [6.45, 7) is 2.55. The molecule has 3 N–H and O–H groups in total. The number of carbonyl (C=O) groups is 2. The van der Waals surface area contributed by atoms with Gasteiger partial charge in [0, 0.05) is 29.9 Å². The van der Waals surface area contributed by atoms with Gasteiger partial charge in [0.25, 0.3) is 0 Å². The van der Waals surface area contributed by atoms with Crippen molar-refractivity contribution in [1.29, 1.82) is 0 Å². The van der Waals surface area contributed by atoms with Crippen LogP contribution in [0.3, 0.4) is 0 Å².